The minimum Gasteiger partial charge on any atom is -0.334 e. The van der Waals surface area contributed by atoms with Crippen LogP contribution in [0.4, 0.5) is 5.69 Å². The molecule has 0 radical (unpaired) electrons. The lowest BCUT2D eigenvalue weighted by atomic mass is 10.2. The first-order valence-corrected chi connectivity index (χ1v) is 7.70. The smallest absolute Gasteiger partial charge is 0.322 e. The van der Waals surface area contributed by atoms with Crippen LogP contribution in [-0.4, -0.2) is 42.3 Å². The molecule has 0 N–H and O–H groups in total. The molecule has 2 aromatic heterocycles. The summed E-state index contributed by atoms with van der Waals surface area (Å²) < 4.78 is 3.80. The van der Waals surface area contributed by atoms with Gasteiger partial charge in [-0.15, -0.1) is 0 Å². The summed E-state index contributed by atoms with van der Waals surface area (Å²) in [4.78, 5) is 24.7. The molecule has 0 aliphatic heterocycles. The highest BCUT2D eigenvalue weighted by molar-refractivity contribution is 9.10. The second-order valence-corrected chi connectivity index (χ2v) is 5.93. The van der Waals surface area contributed by atoms with Crippen LogP contribution in [0.2, 0.25) is 0 Å². The van der Waals surface area contributed by atoms with Crippen molar-refractivity contribution in [3.8, 4) is 0 Å². The Balaban J connectivity index is 2.34. The number of amides is 1. The highest BCUT2D eigenvalue weighted by atomic mass is 79.9. The van der Waals surface area contributed by atoms with Gasteiger partial charge in [0, 0.05) is 20.6 Å². The Bertz CT molecular complexity index is 766. The molecule has 0 aliphatic rings. The third-order valence-corrected chi connectivity index (χ3v) is 4.17. The summed E-state index contributed by atoms with van der Waals surface area (Å²) in [6.07, 6.45) is 1.66. The number of hydrogen-bond acceptors (Lipinski definition) is 5. The van der Waals surface area contributed by atoms with Crippen molar-refractivity contribution in [3.63, 3.8) is 0 Å². The fraction of sp³-hybridized carbons (Fsp3) is 0.462. The standard InChI is InChI=1S/C13H17BrN6O3/c1-5-19-10(9(14)6-15-19)7-17(3)13(21)12-11(20(22)23)8(2)16-18(12)4/h6H,5,7H2,1-4H3. The second kappa shape index (κ2) is 6.49. The third kappa shape index (κ3) is 3.11. The molecule has 2 aromatic rings. The topological polar surface area (TPSA) is 99.1 Å². The highest BCUT2D eigenvalue weighted by Gasteiger charge is 2.31. The van der Waals surface area contributed by atoms with Gasteiger partial charge in [0.05, 0.1) is 27.8 Å². The van der Waals surface area contributed by atoms with E-state index >= 15 is 0 Å². The van der Waals surface area contributed by atoms with Crippen LogP contribution in [0.25, 0.3) is 0 Å². The fourth-order valence-corrected chi connectivity index (χ4v) is 2.82. The molecule has 1 amide bonds. The lowest BCUT2D eigenvalue weighted by Gasteiger charge is -2.18. The molecule has 0 unspecified atom stereocenters. The quantitative estimate of drug-likeness (QED) is 0.578. The van der Waals surface area contributed by atoms with E-state index in [1.807, 2.05) is 6.92 Å². The van der Waals surface area contributed by atoms with Crippen molar-refractivity contribution in [2.45, 2.75) is 26.9 Å². The van der Waals surface area contributed by atoms with Crippen LogP contribution in [0, 0.1) is 17.0 Å². The maximum Gasteiger partial charge on any atom is 0.322 e. The first kappa shape index (κ1) is 17.1. The predicted molar refractivity (Wildman–Crippen MR) is 86.0 cm³/mol. The number of hydrogen-bond donors (Lipinski definition) is 0. The Labute approximate surface area is 141 Å². The second-order valence-electron chi connectivity index (χ2n) is 5.08. The van der Waals surface area contributed by atoms with Gasteiger partial charge in [-0.3, -0.25) is 24.3 Å². The van der Waals surface area contributed by atoms with Gasteiger partial charge in [-0.1, -0.05) is 0 Å². The minimum absolute atomic E-state index is 0.0336. The molecule has 0 saturated heterocycles. The van der Waals surface area contributed by atoms with Crippen LogP contribution in [0.3, 0.4) is 0 Å². The van der Waals surface area contributed by atoms with E-state index in [1.165, 1.54) is 23.6 Å². The van der Waals surface area contributed by atoms with Gasteiger partial charge in [0.1, 0.15) is 5.69 Å². The van der Waals surface area contributed by atoms with E-state index in [0.29, 0.717) is 6.54 Å². The lowest BCUT2D eigenvalue weighted by molar-refractivity contribution is -0.385. The average molecular weight is 385 g/mol. The molecule has 10 heteroatoms. The van der Waals surface area contributed by atoms with Gasteiger partial charge < -0.3 is 4.90 Å². The zero-order valence-corrected chi connectivity index (χ0v) is 14.9. The number of rotatable bonds is 5. The summed E-state index contributed by atoms with van der Waals surface area (Å²) in [6, 6.07) is 0. The molecule has 0 aliphatic carbocycles. The van der Waals surface area contributed by atoms with E-state index in [4.69, 9.17) is 0 Å². The Morgan fingerprint density at radius 3 is 2.74 bits per heavy atom. The number of nitrogens with zero attached hydrogens (tertiary/aromatic N) is 6. The maximum absolute atomic E-state index is 12.7. The highest BCUT2D eigenvalue weighted by Crippen LogP contribution is 2.25. The van der Waals surface area contributed by atoms with Gasteiger partial charge in [-0.05, 0) is 29.8 Å². The van der Waals surface area contributed by atoms with Crippen molar-refractivity contribution in [1.82, 2.24) is 24.5 Å². The average Bonchev–Trinajstić information content (AvgIpc) is 2.98. The molecule has 124 valence electrons. The van der Waals surface area contributed by atoms with Crippen molar-refractivity contribution in [2.24, 2.45) is 7.05 Å². The molecule has 0 aromatic carbocycles. The van der Waals surface area contributed by atoms with Gasteiger partial charge in [0.15, 0.2) is 0 Å². The number of aryl methyl sites for hydroxylation is 3. The summed E-state index contributed by atoms with van der Waals surface area (Å²) in [5.41, 5.74) is 0.750. The van der Waals surface area contributed by atoms with Gasteiger partial charge in [-0.25, -0.2) is 0 Å². The first-order valence-electron chi connectivity index (χ1n) is 6.91. The summed E-state index contributed by atoms with van der Waals surface area (Å²) in [5.74, 6) is -0.462. The van der Waals surface area contributed by atoms with E-state index in [2.05, 4.69) is 26.1 Å². The molecule has 0 atom stereocenters. The molecule has 2 heterocycles. The van der Waals surface area contributed by atoms with Crippen molar-refractivity contribution < 1.29 is 9.72 Å². The van der Waals surface area contributed by atoms with Crippen LogP contribution in [0.1, 0.15) is 28.8 Å². The monoisotopic (exact) mass is 384 g/mol. The lowest BCUT2D eigenvalue weighted by Crippen LogP contribution is -2.29. The largest absolute Gasteiger partial charge is 0.334 e. The van der Waals surface area contributed by atoms with Crippen LogP contribution in [0.5, 0.6) is 0 Å². The van der Waals surface area contributed by atoms with Crippen molar-refractivity contribution >= 4 is 27.5 Å². The third-order valence-electron chi connectivity index (χ3n) is 3.51. The van der Waals surface area contributed by atoms with Gasteiger partial charge in [0.2, 0.25) is 5.69 Å². The van der Waals surface area contributed by atoms with Gasteiger partial charge >= 0.3 is 5.69 Å². The number of aromatic nitrogens is 4. The summed E-state index contributed by atoms with van der Waals surface area (Å²) >= 11 is 3.40. The van der Waals surface area contributed by atoms with Crippen LogP contribution >= 0.6 is 15.9 Å². The zero-order valence-electron chi connectivity index (χ0n) is 13.3. The van der Waals surface area contributed by atoms with Crippen LogP contribution < -0.4 is 0 Å². The van der Waals surface area contributed by atoms with Crippen molar-refractivity contribution in [1.29, 1.82) is 0 Å². The molecular formula is C13H17BrN6O3. The molecule has 23 heavy (non-hydrogen) atoms. The van der Waals surface area contributed by atoms with Gasteiger partial charge in [0.25, 0.3) is 5.91 Å². The van der Waals surface area contributed by atoms with Crippen molar-refractivity contribution in [3.05, 3.63) is 37.9 Å². The SMILES string of the molecule is CCn1ncc(Br)c1CN(C)C(=O)c1c([N+](=O)[O-])c(C)nn1C. The molecular weight excluding hydrogens is 368 g/mol. The van der Waals surface area contributed by atoms with Crippen LogP contribution in [-0.2, 0) is 20.1 Å². The summed E-state index contributed by atoms with van der Waals surface area (Å²) in [7, 11) is 3.11. The molecule has 9 nitrogen and oxygen atoms in total. The molecule has 0 spiro atoms. The molecule has 0 fully saturated rings. The van der Waals surface area contributed by atoms with Crippen LogP contribution in [0.15, 0.2) is 10.7 Å². The Morgan fingerprint density at radius 1 is 1.52 bits per heavy atom. The maximum atomic E-state index is 12.7. The molecule has 2 rings (SSSR count). The molecule has 0 saturated carbocycles. The van der Waals surface area contributed by atoms with E-state index in [9.17, 15) is 14.9 Å². The normalized spacial score (nSPS) is 10.8. The molecule has 0 bridgehead atoms. The Kier molecular flexibility index (Phi) is 4.83. The van der Waals surface area contributed by atoms with E-state index in [1.54, 1.807) is 17.9 Å². The summed E-state index contributed by atoms with van der Waals surface area (Å²) in [5, 5.41) is 19.4. The Morgan fingerprint density at radius 2 is 2.17 bits per heavy atom. The Hall–Kier alpha value is -2.23. The van der Waals surface area contributed by atoms with Crippen molar-refractivity contribution in [2.75, 3.05) is 7.05 Å². The predicted octanol–water partition coefficient (Wildman–Crippen LogP) is 1.89. The number of carbonyl (C=O) groups excluding carboxylic acids is 1. The zero-order chi connectivity index (χ0) is 17.3. The summed E-state index contributed by atoms with van der Waals surface area (Å²) in [6.45, 7) is 4.39. The number of halogens is 1. The van der Waals surface area contributed by atoms with E-state index in [-0.39, 0.29) is 23.6 Å². The number of carbonyl (C=O) groups is 1. The van der Waals surface area contributed by atoms with E-state index in [0.717, 1.165) is 10.2 Å². The number of nitro groups is 1. The minimum atomic E-state index is -0.574. The van der Waals surface area contributed by atoms with Gasteiger partial charge in [-0.2, -0.15) is 10.2 Å². The fourth-order valence-electron chi connectivity index (χ4n) is 2.40. The van der Waals surface area contributed by atoms with E-state index < -0.39 is 10.8 Å². The first-order chi connectivity index (χ1) is 10.8.